The molecule has 1 aromatic rings. The molecule has 0 radical (unpaired) electrons. The van der Waals surface area contributed by atoms with Crippen LogP contribution in [0.25, 0.3) is 0 Å². The van der Waals surface area contributed by atoms with Crippen LogP contribution in [-0.4, -0.2) is 35.1 Å². The number of carbonyl (C=O) groups is 1. The average Bonchev–Trinajstić information content (AvgIpc) is 2.72. The monoisotopic (exact) mass is 285 g/mol. The zero-order valence-corrected chi connectivity index (χ0v) is 11.8. The maximum absolute atomic E-state index is 12.4. The fraction of sp³-hybridized carbons (Fsp3) is 0.462. The van der Waals surface area contributed by atoms with E-state index in [0.717, 1.165) is 6.42 Å². The van der Waals surface area contributed by atoms with Gasteiger partial charge in [-0.05, 0) is 30.5 Å². The number of amides is 1. The number of hydrogen-bond donors (Lipinski definition) is 2. The third-order valence-corrected chi connectivity index (χ3v) is 4.12. The summed E-state index contributed by atoms with van der Waals surface area (Å²) >= 11 is 10.3. The van der Waals surface area contributed by atoms with E-state index in [1.165, 1.54) is 0 Å². The molecule has 1 fully saturated rings. The number of rotatable bonds is 2. The minimum atomic E-state index is -0.126. The van der Waals surface area contributed by atoms with Gasteiger partial charge in [-0.2, -0.15) is 0 Å². The van der Waals surface area contributed by atoms with Gasteiger partial charge in [-0.15, -0.1) is 12.6 Å². The molecule has 0 spiro atoms. The molecular weight excluding hydrogens is 270 g/mol. The molecule has 1 amide bonds. The van der Waals surface area contributed by atoms with Gasteiger partial charge < -0.3 is 10.0 Å². The summed E-state index contributed by atoms with van der Waals surface area (Å²) in [5, 5.41) is 9.81. The summed E-state index contributed by atoms with van der Waals surface area (Å²) in [5.74, 6) is 0.191. The molecule has 1 aromatic carbocycles. The van der Waals surface area contributed by atoms with E-state index in [1.54, 1.807) is 23.1 Å². The van der Waals surface area contributed by atoms with Gasteiger partial charge in [-0.1, -0.05) is 18.5 Å². The van der Waals surface area contributed by atoms with E-state index in [9.17, 15) is 9.90 Å². The number of likely N-dealkylation sites (tertiary alicyclic amines) is 1. The van der Waals surface area contributed by atoms with Crippen molar-refractivity contribution in [1.82, 2.24) is 4.90 Å². The summed E-state index contributed by atoms with van der Waals surface area (Å²) in [7, 11) is 0. The third-order valence-electron chi connectivity index (χ3n) is 3.51. The maximum atomic E-state index is 12.4. The number of nitrogens with zero attached hydrogens (tertiary/aromatic N) is 1. The average molecular weight is 286 g/mol. The van der Waals surface area contributed by atoms with Crippen molar-refractivity contribution >= 4 is 30.1 Å². The van der Waals surface area contributed by atoms with E-state index in [0.29, 0.717) is 27.9 Å². The molecular formula is C13H16ClNO2S. The lowest BCUT2D eigenvalue weighted by Gasteiger charge is -2.25. The zero-order chi connectivity index (χ0) is 13.3. The molecule has 2 rings (SSSR count). The summed E-state index contributed by atoms with van der Waals surface area (Å²) in [4.78, 5) is 14.8. The van der Waals surface area contributed by atoms with Crippen molar-refractivity contribution in [2.75, 3.05) is 13.2 Å². The first kappa shape index (κ1) is 13.7. The minimum absolute atomic E-state index is 0.00884. The van der Waals surface area contributed by atoms with Crippen molar-refractivity contribution in [1.29, 1.82) is 0 Å². The van der Waals surface area contributed by atoms with Crippen LogP contribution < -0.4 is 0 Å². The summed E-state index contributed by atoms with van der Waals surface area (Å²) in [6, 6.07) is 4.98. The maximum Gasteiger partial charge on any atom is 0.255 e. The van der Waals surface area contributed by atoms with Gasteiger partial charge in [0, 0.05) is 11.4 Å². The number of halogens is 1. The molecule has 18 heavy (non-hydrogen) atoms. The van der Waals surface area contributed by atoms with Gasteiger partial charge in [-0.3, -0.25) is 4.79 Å². The van der Waals surface area contributed by atoms with E-state index in [2.05, 4.69) is 12.6 Å². The van der Waals surface area contributed by atoms with Crippen molar-refractivity contribution in [3.8, 4) is 0 Å². The Morgan fingerprint density at radius 3 is 3.00 bits per heavy atom. The number of benzene rings is 1. The first-order valence-electron chi connectivity index (χ1n) is 5.95. The van der Waals surface area contributed by atoms with Gasteiger partial charge in [0.25, 0.3) is 5.91 Å². The van der Waals surface area contributed by atoms with E-state index in [1.807, 2.05) is 6.92 Å². The number of hydrogen-bond acceptors (Lipinski definition) is 3. The third kappa shape index (κ3) is 2.51. The van der Waals surface area contributed by atoms with Crippen LogP contribution in [0.15, 0.2) is 23.1 Å². The first-order chi connectivity index (χ1) is 8.54. The number of thiol groups is 1. The highest BCUT2D eigenvalue weighted by atomic mass is 35.5. The van der Waals surface area contributed by atoms with E-state index in [-0.39, 0.29) is 18.6 Å². The molecule has 2 atom stereocenters. The summed E-state index contributed by atoms with van der Waals surface area (Å²) in [6.45, 7) is 2.70. The molecule has 0 aromatic heterocycles. The Labute approximate surface area is 117 Å². The lowest BCUT2D eigenvalue weighted by atomic mass is 10.0. The van der Waals surface area contributed by atoms with E-state index < -0.39 is 0 Å². The van der Waals surface area contributed by atoms with Crippen molar-refractivity contribution < 1.29 is 9.90 Å². The summed E-state index contributed by atoms with van der Waals surface area (Å²) in [5.41, 5.74) is 0.455. The van der Waals surface area contributed by atoms with Crippen molar-refractivity contribution in [2.45, 2.75) is 24.3 Å². The van der Waals surface area contributed by atoms with E-state index in [4.69, 9.17) is 11.6 Å². The Hall–Kier alpha value is -0.710. The number of carbonyl (C=O) groups excluding carboxylic acids is 1. The quantitative estimate of drug-likeness (QED) is 0.820. The van der Waals surface area contributed by atoms with Crippen molar-refractivity contribution in [3.63, 3.8) is 0 Å². The van der Waals surface area contributed by atoms with Gasteiger partial charge in [0.1, 0.15) is 0 Å². The molecule has 1 saturated heterocycles. The van der Waals surface area contributed by atoms with E-state index >= 15 is 0 Å². The van der Waals surface area contributed by atoms with Crippen LogP contribution in [0.1, 0.15) is 23.7 Å². The largest absolute Gasteiger partial charge is 0.394 e. The highest BCUT2D eigenvalue weighted by molar-refractivity contribution is 7.80. The SMILES string of the molecule is CC1CCN(C(=O)c2cc(S)ccc2Cl)C1CO. The molecule has 1 aliphatic rings. The van der Waals surface area contributed by atoms with Crippen LogP contribution in [-0.2, 0) is 0 Å². The molecule has 0 aliphatic carbocycles. The minimum Gasteiger partial charge on any atom is -0.394 e. The smallest absolute Gasteiger partial charge is 0.255 e. The van der Waals surface area contributed by atoms with Crippen LogP contribution in [0.4, 0.5) is 0 Å². The van der Waals surface area contributed by atoms with Crippen LogP contribution in [0.5, 0.6) is 0 Å². The molecule has 0 saturated carbocycles. The Bertz CT molecular complexity index is 466. The standard InChI is InChI=1S/C13H16ClNO2S/c1-8-4-5-15(12(8)7-16)13(17)10-6-9(18)2-3-11(10)14/h2-3,6,8,12,16,18H,4-5,7H2,1H3. The van der Waals surface area contributed by atoms with Crippen LogP contribution in [0.2, 0.25) is 5.02 Å². The molecule has 1 aliphatic heterocycles. The highest BCUT2D eigenvalue weighted by Crippen LogP contribution is 2.28. The fourth-order valence-electron chi connectivity index (χ4n) is 2.37. The molecule has 3 nitrogen and oxygen atoms in total. The van der Waals surface area contributed by atoms with Gasteiger partial charge in [0.15, 0.2) is 0 Å². The molecule has 5 heteroatoms. The summed E-state index contributed by atoms with van der Waals surface area (Å²) < 4.78 is 0. The van der Waals surface area contributed by atoms with Gasteiger partial charge in [-0.25, -0.2) is 0 Å². The Morgan fingerprint density at radius 1 is 1.61 bits per heavy atom. The Kier molecular flexibility index (Phi) is 4.20. The van der Waals surface area contributed by atoms with Crippen LogP contribution >= 0.6 is 24.2 Å². The Balaban J connectivity index is 2.28. The van der Waals surface area contributed by atoms with Gasteiger partial charge in [0.05, 0.1) is 23.2 Å². The number of aliphatic hydroxyl groups excluding tert-OH is 1. The van der Waals surface area contributed by atoms with Gasteiger partial charge in [0.2, 0.25) is 0 Å². The molecule has 1 heterocycles. The fourth-order valence-corrected chi connectivity index (χ4v) is 2.77. The molecule has 1 N–H and O–H groups in total. The lowest BCUT2D eigenvalue weighted by Crippen LogP contribution is -2.39. The second kappa shape index (κ2) is 5.51. The molecule has 2 unspecified atom stereocenters. The number of aliphatic hydroxyl groups is 1. The first-order valence-corrected chi connectivity index (χ1v) is 6.77. The molecule has 0 bridgehead atoms. The van der Waals surface area contributed by atoms with Crippen LogP contribution in [0.3, 0.4) is 0 Å². The second-order valence-corrected chi connectivity index (χ2v) is 5.60. The predicted octanol–water partition coefficient (Wildman–Crippen LogP) is 2.47. The lowest BCUT2D eigenvalue weighted by molar-refractivity contribution is 0.0648. The van der Waals surface area contributed by atoms with Crippen molar-refractivity contribution in [2.24, 2.45) is 5.92 Å². The van der Waals surface area contributed by atoms with Crippen molar-refractivity contribution in [3.05, 3.63) is 28.8 Å². The highest BCUT2D eigenvalue weighted by Gasteiger charge is 2.34. The normalized spacial score (nSPS) is 23.4. The Morgan fingerprint density at radius 2 is 2.33 bits per heavy atom. The molecule has 98 valence electrons. The zero-order valence-electron chi connectivity index (χ0n) is 10.1. The topological polar surface area (TPSA) is 40.5 Å². The summed E-state index contributed by atoms with van der Waals surface area (Å²) in [6.07, 6.45) is 0.912. The second-order valence-electron chi connectivity index (χ2n) is 4.68. The predicted molar refractivity (Wildman–Crippen MR) is 74.4 cm³/mol. The van der Waals surface area contributed by atoms with Crippen LogP contribution in [0, 0.1) is 5.92 Å². The van der Waals surface area contributed by atoms with Gasteiger partial charge >= 0.3 is 0 Å².